The summed E-state index contributed by atoms with van der Waals surface area (Å²) in [6.07, 6.45) is -2.43. The first kappa shape index (κ1) is 16.6. The summed E-state index contributed by atoms with van der Waals surface area (Å²) in [6, 6.07) is 2.13. The predicted octanol–water partition coefficient (Wildman–Crippen LogP) is 4.38. The molecule has 0 saturated carbocycles. The molecule has 0 aliphatic carbocycles. The Morgan fingerprint density at radius 1 is 1.20 bits per heavy atom. The van der Waals surface area contributed by atoms with Gasteiger partial charge in [0.1, 0.15) is 11.6 Å². The molecular formula is C14H22F3N3. The van der Waals surface area contributed by atoms with Gasteiger partial charge in [-0.25, -0.2) is 4.98 Å². The van der Waals surface area contributed by atoms with Gasteiger partial charge in [-0.3, -0.25) is 0 Å². The highest BCUT2D eigenvalue weighted by atomic mass is 19.4. The number of nitrogens with zero attached hydrogens (tertiary/aromatic N) is 1. The minimum atomic E-state index is -4.37. The second-order valence-electron chi connectivity index (χ2n) is 5.17. The third kappa shape index (κ3) is 4.90. The van der Waals surface area contributed by atoms with Crippen molar-refractivity contribution in [2.45, 2.75) is 45.8 Å². The molecule has 2 atom stereocenters. The fourth-order valence-corrected chi connectivity index (χ4v) is 1.98. The van der Waals surface area contributed by atoms with Crippen LogP contribution in [0.2, 0.25) is 0 Å². The highest BCUT2D eigenvalue weighted by molar-refractivity contribution is 5.49. The molecule has 0 aliphatic heterocycles. The van der Waals surface area contributed by atoms with Crippen LogP contribution in [0.4, 0.5) is 24.8 Å². The van der Waals surface area contributed by atoms with Gasteiger partial charge in [-0.2, -0.15) is 13.2 Å². The van der Waals surface area contributed by atoms with Crippen LogP contribution in [0, 0.1) is 5.92 Å². The van der Waals surface area contributed by atoms with Gasteiger partial charge in [-0.15, -0.1) is 0 Å². The Morgan fingerprint density at radius 3 is 2.30 bits per heavy atom. The summed E-state index contributed by atoms with van der Waals surface area (Å²) in [5.41, 5.74) is -0.699. The molecule has 1 aromatic heterocycles. The summed E-state index contributed by atoms with van der Waals surface area (Å²) in [6.45, 7) is 6.17. The number of hydrogen-bond acceptors (Lipinski definition) is 3. The van der Waals surface area contributed by atoms with Gasteiger partial charge < -0.3 is 10.6 Å². The van der Waals surface area contributed by atoms with E-state index in [0.717, 1.165) is 25.0 Å². The molecule has 6 heteroatoms. The largest absolute Gasteiger partial charge is 0.416 e. The van der Waals surface area contributed by atoms with Crippen LogP contribution in [0.1, 0.15) is 39.2 Å². The molecule has 0 spiro atoms. The van der Waals surface area contributed by atoms with Crippen molar-refractivity contribution in [1.29, 1.82) is 0 Å². The van der Waals surface area contributed by atoms with E-state index in [-0.39, 0.29) is 17.7 Å². The molecular weight excluding hydrogens is 267 g/mol. The fourth-order valence-electron chi connectivity index (χ4n) is 1.98. The van der Waals surface area contributed by atoms with Crippen LogP contribution in [0.5, 0.6) is 0 Å². The number of aromatic nitrogens is 1. The predicted molar refractivity (Wildman–Crippen MR) is 75.9 cm³/mol. The first-order valence-corrected chi connectivity index (χ1v) is 6.79. The van der Waals surface area contributed by atoms with Gasteiger partial charge in [0.15, 0.2) is 0 Å². The number of alkyl halides is 3. The Balaban J connectivity index is 2.89. The van der Waals surface area contributed by atoms with Gasteiger partial charge in [0.05, 0.1) is 5.56 Å². The van der Waals surface area contributed by atoms with E-state index in [2.05, 4.69) is 29.5 Å². The Labute approximate surface area is 118 Å². The average Bonchev–Trinajstić information content (AvgIpc) is 2.36. The summed E-state index contributed by atoms with van der Waals surface area (Å²) in [5, 5.41) is 5.70. The molecule has 0 radical (unpaired) electrons. The van der Waals surface area contributed by atoms with Crippen LogP contribution in [-0.2, 0) is 6.18 Å². The molecule has 1 rings (SSSR count). The summed E-state index contributed by atoms with van der Waals surface area (Å²) in [7, 11) is 1.55. The molecule has 3 nitrogen and oxygen atoms in total. The molecule has 114 valence electrons. The topological polar surface area (TPSA) is 37.0 Å². The molecule has 20 heavy (non-hydrogen) atoms. The summed E-state index contributed by atoms with van der Waals surface area (Å²) in [4.78, 5) is 4.12. The van der Waals surface area contributed by atoms with E-state index in [9.17, 15) is 13.2 Å². The first-order chi connectivity index (χ1) is 9.26. The fraction of sp³-hybridized carbons (Fsp3) is 0.643. The Kier molecular flexibility index (Phi) is 5.65. The average molecular weight is 289 g/mol. The van der Waals surface area contributed by atoms with Gasteiger partial charge in [0, 0.05) is 13.1 Å². The minimum Gasteiger partial charge on any atom is -0.373 e. The smallest absolute Gasteiger partial charge is 0.373 e. The summed E-state index contributed by atoms with van der Waals surface area (Å²) < 4.78 is 38.4. The molecule has 0 saturated heterocycles. The molecule has 1 aromatic rings. The lowest BCUT2D eigenvalue weighted by Gasteiger charge is -2.19. The van der Waals surface area contributed by atoms with Crippen molar-refractivity contribution in [1.82, 2.24) is 4.98 Å². The van der Waals surface area contributed by atoms with Gasteiger partial charge in [0.2, 0.25) is 0 Å². The number of hydrogen-bond donors (Lipinski definition) is 2. The number of rotatable bonds is 6. The van der Waals surface area contributed by atoms with Gasteiger partial charge in [0.25, 0.3) is 0 Å². The second-order valence-corrected chi connectivity index (χ2v) is 5.17. The number of halogens is 3. The van der Waals surface area contributed by atoms with Crippen LogP contribution in [0.15, 0.2) is 12.1 Å². The zero-order valence-electron chi connectivity index (χ0n) is 12.3. The van der Waals surface area contributed by atoms with Crippen LogP contribution in [0.25, 0.3) is 0 Å². The van der Waals surface area contributed by atoms with Crippen LogP contribution in [0.3, 0.4) is 0 Å². The van der Waals surface area contributed by atoms with Gasteiger partial charge >= 0.3 is 6.18 Å². The maximum atomic E-state index is 12.8. The Hall–Kier alpha value is -1.46. The van der Waals surface area contributed by atoms with Gasteiger partial charge in [-0.1, -0.05) is 20.3 Å². The number of nitrogens with one attached hydrogen (secondary N) is 2. The zero-order valence-corrected chi connectivity index (χ0v) is 12.3. The lowest BCUT2D eigenvalue weighted by molar-refractivity contribution is -0.137. The third-order valence-corrected chi connectivity index (χ3v) is 3.26. The normalized spacial score (nSPS) is 14.8. The Morgan fingerprint density at radius 2 is 1.80 bits per heavy atom. The SMILES string of the molecule is CCC(C)CC(C)Nc1cc(C(F)(F)F)cc(NC)n1. The van der Waals surface area contributed by atoms with Crippen molar-refractivity contribution in [3.63, 3.8) is 0 Å². The van der Waals surface area contributed by atoms with E-state index in [1.54, 1.807) is 7.05 Å². The molecule has 0 amide bonds. The summed E-state index contributed by atoms with van der Waals surface area (Å²) in [5.74, 6) is 0.977. The van der Waals surface area contributed by atoms with Crippen LogP contribution < -0.4 is 10.6 Å². The third-order valence-electron chi connectivity index (χ3n) is 3.26. The molecule has 0 bridgehead atoms. The molecule has 0 aliphatic rings. The maximum absolute atomic E-state index is 12.8. The van der Waals surface area contributed by atoms with E-state index >= 15 is 0 Å². The highest BCUT2D eigenvalue weighted by Gasteiger charge is 2.31. The van der Waals surface area contributed by atoms with Gasteiger partial charge in [-0.05, 0) is 31.4 Å². The van der Waals surface area contributed by atoms with Crippen molar-refractivity contribution < 1.29 is 13.2 Å². The number of anilines is 2. The van der Waals surface area contributed by atoms with Crippen molar-refractivity contribution >= 4 is 11.6 Å². The van der Waals surface area contributed by atoms with Crippen LogP contribution >= 0.6 is 0 Å². The quantitative estimate of drug-likeness (QED) is 0.816. The zero-order chi connectivity index (χ0) is 15.3. The minimum absolute atomic E-state index is 0.0747. The number of pyridine rings is 1. The van der Waals surface area contributed by atoms with E-state index < -0.39 is 11.7 Å². The van der Waals surface area contributed by atoms with Crippen molar-refractivity contribution in [2.75, 3.05) is 17.7 Å². The van der Waals surface area contributed by atoms with Crippen molar-refractivity contribution in [2.24, 2.45) is 5.92 Å². The molecule has 2 unspecified atom stereocenters. The second kappa shape index (κ2) is 6.81. The standard InChI is InChI=1S/C14H22F3N3/c1-5-9(2)6-10(3)19-13-8-11(14(15,16)17)7-12(18-4)20-13/h7-10H,5-6H2,1-4H3,(H2,18,19,20). The lowest BCUT2D eigenvalue weighted by Crippen LogP contribution is -2.20. The molecule has 1 heterocycles. The first-order valence-electron chi connectivity index (χ1n) is 6.79. The maximum Gasteiger partial charge on any atom is 0.416 e. The molecule has 0 fully saturated rings. The highest BCUT2D eigenvalue weighted by Crippen LogP contribution is 2.32. The van der Waals surface area contributed by atoms with E-state index in [1.807, 2.05) is 6.92 Å². The van der Waals surface area contributed by atoms with E-state index in [1.165, 1.54) is 0 Å². The molecule has 0 aromatic carbocycles. The van der Waals surface area contributed by atoms with E-state index in [0.29, 0.717) is 5.92 Å². The monoisotopic (exact) mass is 289 g/mol. The Bertz CT molecular complexity index is 432. The lowest BCUT2D eigenvalue weighted by atomic mass is 10.0. The van der Waals surface area contributed by atoms with Crippen molar-refractivity contribution in [3.05, 3.63) is 17.7 Å². The summed E-state index contributed by atoms with van der Waals surface area (Å²) >= 11 is 0. The van der Waals surface area contributed by atoms with E-state index in [4.69, 9.17) is 0 Å². The van der Waals surface area contributed by atoms with Crippen LogP contribution in [-0.4, -0.2) is 18.1 Å². The van der Waals surface area contributed by atoms with Crippen molar-refractivity contribution in [3.8, 4) is 0 Å². The molecule has 2 N–H and O–H groups in total.